The van der Waals surface area contributed by atoms with Crippen LogP contribution in [-0.2, 0) is 24.3 Å². The molecule has 0 bridgehead atoms. The minimum Gasteiger partial charge on any atom is -0.491 e. The summed E-state index contributed by atoms with van der Waals surface area (Å²) >= 11 is 0. The molecule has 1 heterocycles. The normalized spacial score (nSPS) is 16.3. The topological polar surface area (TPSA) is 41.6 Å². The van der Waals surface area contributed by atoms with Gasteiger partial charge in [-0.2, -0.15) is 13.2 Å². The summed E-state index contributed by atoms with van der Waals surface area (Å²) < 4.78 is 45.0. The summed E-state index contributed by atoms with van der Waals surface area (Å²) in [6, 6.07) is 24.4. The van der Waals surface area contributed by atoms with Crippen LogP contribution in [0.25, 0.3) is 0 Å². The van der Waals surface area contributed by atoms with Crippen LogP contribution in [0.3, 0.4) is 0 Å². The summed E-state index contributed by atoms with van der Waals surface area (Å²) in [4.78, 5) is 14.7. The average molecular weight is 469 g/mol. The lowest BCUT2D eigenvalue weighted by Gasteiger charge is -2.33. The van der Waals surface area contributed by atoms with E-state index in [4.69, 9.17) is 4.74 Å². The van der Waals surface area contributed by atoms with Gasteiger partial charge in [-0.15, -0.1) is 0 Å². The number of ether oxygens (including phenoxy) is 1. The van der Waals surface area contributed by atoms with Crippen molar-refractivity contribution in [3.05, 3.63) is 95.6 Å². The van der Waals surface area contributed by atoms with E-state index in [1.165, 1.54) is 0 Å². The largest absolute Gasteiger partial charge is 0.491 e. The number of alkyl halides is 3. The molecule has 0 saturated carbocycles. The van der Waals surface area contributed by atoms with Crippen LogP contribution < -0.4 is 10.1 Å². The molecule has 4 nitrogen and oxygen atoms in total. The maximum Gasteiger partial charge on any atom is 0.389 e. The van der Waals surface area contributed by atoms with Crippen LogP contribution in [0.5, 0.6) is 5.75 Å². The van der Waals surface area contributed by atoms with Crippen LogP contribution >= 0.6 is 0 Å². The highest BCUT2D eigenvalue weighted by molar-refractivity contribution is 5.77. The van der Waals surface area contributed by atoms with Crippen molar-refractivity contribution < 1.29 is 22.7 Å². The molecule has 1 N–H and O–H groups in total. The fourth-order valence-electron chi connectivity index (χ4n) is 4.14. The number of nitrogens with one attached hydrogen (secondary N) is 1. The second-order valence-corrected chi connectivity index (χ2v) is 8.41. The van der Waals surface area contributed by atoms with E-state index in [9.17, 15) is 18.0 Å². The lowest BCUT2D eigenvalue weighted by molar-refractivity contribution is -0.151. The fourth-order valence-corrected chi connectivity index (χ4v) is 4.14. The highest BCUT2D eigenvalue weighted by Gasteiger charge is 2.32. The highest BCUT2D eigenvalue weighted by Crippen LogP contribution is 2.28. The first-order chi connectivity index (χ1) is 16.4. The van der Waals surface area contributed by atoms with Gasteiger partial charge in [-0.25, -0.2) is 0 Å². The smallest absolute Gasteiger partial charge is 0.389 e. The lowest BCUT2D eigenvalue weighted by Crippen LogP contribution is -2.45. The summed E-state index contributed by atoms with van der Waals surface area (Å²) in [5, 5.41) is 3.40. The quantitative estimate of drug-likeness (QED) is 0.513. The Kier molecular flexibility index (Phi) is 7.40. The number of hydrogen-bond acceptors (Lipinski definition) is 3. The monoisotopic (exact) mass is 468 g/mol. The summed E-state index contributed by atoms with van der Waals surface area (Å²) in [6.07, 6.45) is -5.67. The second-order valence-electron chi connectivity index (χ2n) is 8.41. The molecule has 1 aliphatic rings. The Morgan fingerprint density at radius 2 is 1.62 bits per heavy atom. The van der Waals surface area contributed by atoms with E-state index in [0.29, 0.717) is 18.7 Å². The van der Waals surface area contributed by atoms with Gasteiger partial charge in [0.25, 0.3) is 0 Å². The number of nitrogens with zero attached hydrogens (tertiary/aromatic N) is 1. The predicted molar refractivity (Wildman–Crippen MR) is 125 cm³/mol. The highest BCUT2D eigenvalue weighted by atomic mass is 19.4. The summed E-state index contributed by atoms with van der Waals surface area (Å²) in [5.41, 5.74) is 3.64. The molecule has 1 atom stereocenters. The van der Waals surface area contributed by atoms with Crippen molar-refractivity contribution in [3.8, 4) is 5.75 Å². The number of benzene rings is 3. The minimum atomic E-state index is -4.39. The molecule has 7 heteroatoms. The average Bonchev–Trinajstić information content (AvgIpc) is 2.86. The van der Waals surface area contributed by atoms with Crippen LogP contribution in [0.15, 0.2) is 78.9 Å². The molecule has 34 heavy (non-hydrogen) atoms. The third-order valence-electron chi connectivity index (χ3n) is 5.93. The molecular formula is C27H27F3N2O2. The van der Waals surface area contributed by atoms with E-state index >= 15 is 0 Å². The van der Waals surface area contributed by atoms with Crippen LogP contribution in [-0.4, -0.2) is 29.6 Å². The number of para-hydroxylation sites is 2. The molecule has 0 fully saturated rings. The third-order valence-corrected chi connectivity index (χ3v) is 5.93. The van der Waals surface area contributed by atoms with Crippen molar-refractivity contribution in [2.24, 2.45) is 0 Å². The van der Waals surface area contributed by atoms with Gasteiger partial charge >= 0.3 is 6.18 Å². The Hall–Kier alpha value is -3.48. The van der Waals surface area contributed by atoms with E-state index in [1.54, 1.807) is 4.90 Å². The van der Waals surface area contributed by atoms with Gasteiger partial charge < -0.3 is 15.0 Å². The fraction of sp³-hybridized carbons (Fsp3) is 0.296. The molecule has 178 valence electrons. The Bertz CT molecular complexity index is 1100. The summed E-state index contributed by atoms with van der Waals surface area (Å²) in [5.74, 6) is 0.152. The first kappa shape index (κ1) is 23.7. The van der Waals surface area contributed by atoms with Crippen LogP contribution in [0, 0.1) is 0 Å². The molecule has 0 saturated heterocycles. The maximum atomic E-state index is 13.2. The van der Waals surface area contributed by atoms with Gasteiger partial charge in [-0.3, -0.25) is 4.79 Å². The number of hydrogen-bond donors (Lipinski definition) is 1. The molecule has 1 aliphatic heterocycles. The van der Waals surface area contributed by atoms with Crippen molar-refractivity contribution in [2.75, 3.05) is 11.9 Å². The summed E-state index contributed by atoms with van der Waals surface area (Å²) in [6.45, 7) is 0.890. The van der Waals surface area contributed by atoms with Gasteiger partial charge in [-0.1, -0.05) is 66.7 Å². The zero-order valence-electron chi connectivity index (χ0n) is 18.7. The van der Waals surface area contributed by atoms with Gasteiger partial charge in [-0.05, 0) is 29.7 Å². The first-order valence-corrected chi connectivity index (χ1v) is 11.3. The number of carbonyl (C=O) groups excluding carboxylic acids is 1. The van der Waals surface area contributed by atoms with Crippen molar-refractivity contribution in [2.45, 2.75) is 44.6 Å². The molecule has 0 spiro atoms. The van der Waals surface area contributed by atoms with E-state index in [1.807, 2.05) is 78.9 Å². The molecule has 0 unspecified atom stereocenters. The van der Waals surface area contributed by atoms with Crippen molar-refractivity contribution >= 4 is 11.6 Å². The molecule has 0 aliphatic carbocycles. The predicted octanol–water partition coefficient (Wildman–Crippen LogP) is 5.97. The number of carbonyl (C=O) groups is 1. The standard InChI is InChI=1S/C27H27F3N2O2/c28-27(29,30)15-14-26(33)32-18-22-11-4-6-12-24(22)31-17-21-10-5-7-13-25(21)34-19-23(32)16-20-8-2-1-3-9-20/h1-13,23,31H,14-19H2/t23-/m0/s1. The molecule has 0 radical (unpaired) electrons. The van der Waals surface area contributed by atoms with Crippen molar-refractivity contribution in [1.29, 1.82) is 0 Å². The molecule has 1 amide bonds. The van der Waals surface area contributed by atoms with Crippen LogP contribution in [0.2, 0.25) is 0 Å². The first-order valence-electron chi connectivity index (χ1n) is 11.3. The van der Waals surface area contributed by atoms with Crippen molar-refractivity contribution in [1.82, 2.24) is 4.90 Å². The van der Waals surface area contributed by atoms with Crippen molar-refractivity contribution in [3.63, 3.8) is 0 Å². The Labute approximate surface area is 197 Å². The SMILES string of the molecule is O=C(CCC(F)(F)F)N1Cc2ccccc2NCc2ccccc2OC[C@@H]1Cc1ccccc1. The number of rotatable bonds is 4. The maximum absolute atomic E-state index is 13.2. The Morgan fingerprint density at radius 1 is 0.941 bits per heavy atom. The zero-order valence-corrected chi connectivity index (χ0v) is 18.7. The van der Waals surface area contributed by atoms with E-state index in [0.717, 1.165) is 22.4 Å². The van der Waals surface area contributed by atoms with E-state index < -0.39 is 31.0 Å². The van der Waals surface area contributed by atoms with Gasteiger partial charge in [0.2, 0.25) is 5.91 Å². The van der Waals surface area contributed by atoms with Gasteiger partial charge in [0, 0.05) is 30.8 Å². The number of fused-ring (bicyclic) bond motifs is 2. The minimum absolute atomic E-state index is 0.172. The second kappa shape index (κ2) is 10.6. The third kappa shape index (κ3) is 6.31. The number of anilines is 1. The number of halogens is 3. The zero-order chi connectivity index (χ0) is 24.0. The van der Waals surface area contributed by atoms with Gasteiger partial charge in [0.05, 0.1) is 12.5 Å². The molecular weight excluding hydrogens is 441 g/mol. The van der Waals surface area contributed by atoms with Crippen LogP contribution in [0.1, 0.15) is 29.5 Å². The van der Waals surface area contributed by atoms with E-state index in [-0.39, 0.29) is 13.2 Å². The Morgan fingerprint density at radius 3 is 2.38 bits per heavy atom. The van der Waals surface area contributed by atoms with E-state index in [2.05, 4.69) is 5.32 Å². The van der Waals surface area contributed by atoms with Gasteiger partial charge in [0.1, 0.15) is 12.4 Å². The van der Waals surface area contributed by atoms with Crippen LogP contribution in [0.4, 0.5) is 18.9 Å². The summed E-state index contributed by atoms with van der Waals surface area (Å²) in [7, 11) is 0. The Balaban J connectivity index is 1.72. The molecule has 3 aromatic carbocycles. The van der Waals surface area contributed by atoms with Gasteiger partial charge in [0.15, 0.2) is 0 Å². The molecule has 3 aromatic rings. The number of amides is 1. The molecule has 0 aromatic heterocycles. The molecule has 4 rings (SSSR count). The lowest BCUT2D eigenvalue weighted by atomic mass is 10.0.